The lowest BCUT2D eigenvalue weighted by molar-refractivity contribution is 0.125. The van der Waals surface area contributed by atoms with E-state index in [4.69, 9.17) is 9.29 Å². The Labute approximate surface area is 120 Å². The van der Waals surface area contributed by atoms with E-state index >= 15 is 0 Å². The molecule has 0 aromatic carbocycles. The lowest BCUT2D eigenvalue weighted by atomic mass is 10.2. The Morgan fingerprint density at radius 3 is 2.37 bits per heavy atom. The first-order valence-electron chi connectivity index (χ1n) is 6.59. The molecule has 0 saturated carbocycles. The van der Waals surface area contributed by atoms with Crippen LogP contribution in [0.5, 0.6) is 0 Å². The number of aliphatic hydroxyl groups is 1. The van der Waals surface area contributed by atoms with E-state index in [1.807, 2.05) is 0 Å². The summed E-state index contributed by atoms with van der Waals surface area (Å²) in [5.41, 5.74) is 0. The van der Waals surface area contributed by atoms with Crippen LogP contribution < -0.4 is 0 Å². The Kier molecular flexibility index (Phi) is 6.59. The van der Waals surface area contributed by atoms with Crippen LogP contribution in [0.2, 0.25) is 0 Å². The van der Waals surface area contributed by atoms with Crippen molar-refractivity contribution < 1.29 is 17.7 Å². The molecule has 19 heavy (non-hydrogen) atoms. The van der Waals surface area contributed by atoms with Crippen molar-refractivity contribution in [2.24, 2.45) is 0 Å². The molecular formula is C12H25NO4S2. The Balaban J connectivity index is 2.44. The van der Waals surface area contributed by atoms with E-state index in [9.17, 15) is 8.42 Å². The molecule has 1 aliphatic heterocycles. The molecular weight excluding hydrogens is 286 g/mol. The fourth-order valence-electron chi connectivity index (χ4n) is 1.90. The van der Waals surface area contributed by atoms with Gasteiger partial charge in [-0.25, -0.2) is 8.42 Å². The van der Waals surface area contributed by atoms with Crippen molar-refractivity contribution in [2.75, 3.05) is 37.8 Å². The summed E-state index contributed by atoms with van der Waals surface area (Å²) in [4.78, 5) is 2.11. The standard InChI is InChI=1S/C12H25NO4S2/c1-12(2,3)18-17-10-11(4-7-14)13-5-8-19(15,16)9-6-13/h11,14H,4-10H2,1-3H3. The molecule has 0 radical (unpaired) electrons. The summed E-state index contributed by atoms with van der Waals surface area (Å²) < 4.78 is 28.5. The van der Waals surface area contributed by atoms with Gasteiger partial charge in [0.05, 0.1) is 18.1 Å². The van der Waals surface area contributed by atoms with Crippen molar-refractivity contribution in [1.29, 1.82) is 0 Å². The van der Waals surface area contributed by atoms with Crippen LogP contribution >= 0.6 is 12.0 Å². The molecule has 5 nitrogen and oxygen atoms in total. The van der Waals surface area contributed by atoms with Crippen molar-refractivity contribution >= 4 is 21.9 Å². The van der Waals surface area contributed by atoms with E-state index in [1.165, 1.54) is 12.0 Å². The monoisotopic (exact) mass is 311 g/mol. The number of rotatable bonds is 6. The van der Waals surface area contributed by atoms with E-state index in [2.05, 4.69) is 25.7 Å². The summed E-state index contributed by atoms with van der Waals surface area (Å²) in [6, 6.07) is 0.0929. The number of hydrogen-bond acceptors (Lipinski definition) is 6. The minimum Gasteiger partial charge on any atom is -0.396 e. The van der Waals surface area contributed by atoms with Gasteiger partial charge in [-0.15, -0.1) is 0 Å². The van der Waals surface area contributed by atoms with Crippen molar-refractivity contribution in [1.82, 2.24) is 4.90 Å². The summed E-state index contributed by atoms with van der Waals surface area (Å²) in [5, 5.41) is 9.12. The minimum atomic E-state index is -2.86. The SMILES string of the molecule is CC(C)(C)SOCC(CCO)N1CCS(=O)(=O)CC1. The third-order valence-corrected chi connectivity index (χ3v) is 5.29. The van der Waals surface area contributed by atoms with E-state index in [0.717, 1.165) is 0 Å². The Morgan fingerprint density at radius 1 is 1.32 bits per heavy atom. The maximum atomic E-state index is 11.4. The third-order valence-electron chi connectivity index (χ3n) is 2.93. The van der Waals surface area contributed by atoms with E-state index in [-0.39, 0.29) is 28.9 Å². The quantitative estimate of drug-likeness (QED) is 0.736. The van der Waals surface area contributed by atoms with Crippen LogP contribution in [0.15, 0.2) is 0 Å². The zero-order chi connectivity index (χ0) is 14.5. The van der Waals surface area contributed by atoms with Crippen molar-refractivity contribution in [3.05, 3.63) is 0 Å². The molecule has 0 spiro atoms. The molecule has 0 aromatic heterocycles. The summed E-state index contributed by atoms with van der Waals surface area (Å²) >= 11 is 1.42. The second kappa shape index (κ2) is 7.26. The average molecular weight is 311 g/mol. The predicted octanol–water partition coefficient (Wildman–Crippen LogP) is 0.931. The second-order valence-corrected chi connectivity index (χ2v) is 9.76. The first-order chi connectivity index (χ1) is 8.73. The van der Waals surface area contributed by atoms with Crippen LogP contribution in [0, 0.1) is 0 Å². The van der Waals surface area contributed by atoms with Crippen molar-refractivity contribution in [2.45, 2.75) is 38.0 Å². The van der Waals surface area contributed by atoms with E-state index in [1.54, 1.807) is 0 Å². The molecule has 1 N–H and O–H groups in total. The van der Waals surface area contributed by atoms with Gasteiger partial charge in [0.1, 0.15) is 0 Å². The Morgan fingerprint density at radius 2 is 1.89 bits per heavy atom. The number of aliphatic hydroxyl groups excluding tert-OH is 1. The van der Waals surface area contributed by atoms with Gasteiger partial charge in [-0.05, 0) is 39.2 Å². The lowest BCUT2D eigenvalue weighted by Crippen LogP contribution is -2.48. The molecule has 0 amide bonds. The molecule has 1 fully saturated rings. The average Bonchev–Trinajstić information content (AvgIpc) is 2.26. The van der Waals surface area contributed by atoms with Gasteiger partial charge in [0.2, 0.25) is 0 Å². The van der Waals surface area contributed by atoms with Crippen LogP contribution in [0.3, 0.4) is 0 Å². The van der Waals surface area contributed by atoms with Crippen molar-refractivity contribution in [3.63, 3.8) is 0 Å². The van der Waals surface area contributed by atoms with Gasteiger partial charge in [0.15, 0.2) is 9.84 Å². The summed E-state index contributed by atoms with van der Waals surface area (Å²) in [6.07, 6.45) is 0.616. The van der Waals surface area contributed by atoms with Gasteiger partial charge in [-0.1, -0.05) is 0 Å². The molecule has 1 heterocycles. The Bertz CT molecular complexity index is 350. The maximum Gasteiger partial charge on any atom is 0.152 e. The molecule has 114 valence electrons. The van der Waals surface area contributed by atoms with Gasteiger partial charge in [0.25, 0.3) is 0 Å². The van der Waals surface area contributed by atoms with Crippen LogP contribution in [0.4, 0.5) is 0 Å². The lowest BCUT2D eigenvalue weighted by Gasteiger charge is -2.34. The first-order valence-corrected chi connectivity index (χ1v) is 9.16. The highest BCUT2D eigenvalue weighted by molar-refractivity contribution is 7.96. The fourth-order valence-corrected chi connectivity index (χ4v) is 3.71. The smallest absolute Gasteiger partial charge is 0.152 e. The molecule has 1 atom stereocenters. The van der Waals surface area contributed by atoms with Crippen molar-refractivity contribution in [3.8, 4) is 0 Å². The summed E-state index contributed by atoms with van der Waals surface area (Å²) in [6.45, 7) is 7.91. The molecule has 0 aromatic rings. The molecule has 7 heteroatoms. The van der Waals surface area contributed by atoms with Gasteiger partial charge in [-0.3, -0.25) is 4.90 Å². The van der Waals surface area contributed by atoms with Crippen LogP contribution in [-0.4, -0.2) is 67.0 Å². The molecule has 0 bridgehead atoms. The van der Waals surface area contributed by atoms with Gasteiger partial charge in [0, 0.05) is 30.5 Å². The minimum absolute atomic E-state index is 0.0367. The topological polar surface area (TPSA) is 66.8 Å². The molecule has 1 saturated heterocycles. The van der Waals surface area contributed by atoms with Gasteiger partial charge in [-0.2, -0.15) is 0 Å². The normalized spacial score (nSPS) is 22.3. The Hall–Kier alpha value is 0.180. The van der Waals surface area contributed by atoms with E-state index in [0.29, 0.717) is 26.1 Å². The number of nitrogens with zero attached hydrogens (tertiary/aromatic N) is 1. The predicted molar refractivity (Wildman–Crippen MR) is 79.0 cm³/mol. The first kappa shape index (κ1) is 17.2. The highest BCUT2D eigenvalue weighted by Crippen LogP contribution is 2.25. The molecule has 1 aliphatic rings. The zero-order valence-electron chi connectivity index (χ0n) is 12.0. The number of hydrogen-bond donors (Lipinski definition) is 1. The van der Waals surface area contributed by atoms with Gasteiger partial charge >= 0.3 is 0 Å². The molecule has 1 rings (SSSR count). The number of sulfone groups is 1. The summed E-state index contributed by atoms with van der Waals surface area (Å²) in [7, 11) is -2.86. The highest BCUT2D eigenvalue weighted by atomic mass is 32.2. The van der Waals surface area contributed by atoms with Crippen LogP contribution in [0.25, 0.3) is 0 Å². The van der Waals surface area contributed by atoms with E-state index < -0.39 is 9.84 Å². The molecule has 1 unspecified atom stereocenters. The highest BCUT2D eigenvalue weighted by Gasteiger charge is 2.27. The largest absolute Gasteiger partial charge is 0.396 e. The zero-order valence-corrected chi connectivity index (χ0v) is 13.6. The second-order valence-electron chi connectivity index (χ2n) is 5.83. The summed E-state index contributed by atoms with van der Waals surface area (Å²) in [5.74, 6) is 0.419. The third kappa shape index (κ3) is 6.94. The van der Waals surface area contributed by atoms with Crippen LogP contribution in [0.1, 0.15) is 27.2 Å². The molecule has 0 aliphatic carbocycles. The van der Waals surface area contributed by atoms with Crippen LogP contribution in [-0.2, 0) is 14.0 Å². The maximum absolute atomic E-state index is 11.4. The van der Waals surface area contributed by atoms with Gasteiger partial charge < -0.3 is 9.29 Å². The fraction of sp³-hybridized carbons (Fsp3) is 1.00.